The summed E-state index contributed by atoms with van der Waals surface area (Å²) in [6.45, 7) is -1.36. The third kappa shape index (κ3) is 4.69. The van der Waals surface area contributed by atoms with Gasteiger partial charge in [-0.25, -0.2) is 0 Å². The van der Waals surface area contributed by atoms with Gasteiger partial charge in [0.05, 0.1) is 30.9 Å². The second kappa shape index (κ2) is 8.54. The molecule has 160 valence electrons. The minimum absolute atomic E-state index is 0.0329. The van der Waals surface area contributed by atoms with E-state index in [-0.39, 0.29) is 17.7 Å². The zero-order valence-corrected chi connectivity index (χ0v) is 16.2. The Balaban J connectivity index is 1.75. The molecule has 1 unspecified atom stereocenters. The van der Waals surface area contributed by atoms with Crippen LogP contribution in [0.3, 0.4) is 0 Å². The Morgan fingerprint density at radius 1 is 0.900 bits per heavy atom. The first-order valence-electron chi connectivity index (χ1n) is 8.66. The molecule has 11 heteroatoms. The van der Waals surface area contributed by atoms with Crippen LogP contribution in [-0.4, -0.2) is 49.9 Å². The van der Waals surface area contributed by atoms with Crippen molar-refractivity contribution in [3.63, 3.8) is 0 Å². The fourth-order valence-corrected chi connectivity index (χ4v) is 3.42. The van der Waals surface area contributed by atoms with Gasteiger partial charge in [-0.05, 0) is 17.7 Å². The molecule has 0 fully saturated rings. The molecule has 2 amide bonds. The van der Waals surface area contributed by atoms with Crippen LogP contribution >= 0.6 is 0 Å². The molecule has 1 aliphatic rings. The predicted octanol–water partition coefficient (Wildman–Crippen LogP) is 2.73. The average Bonchev–Trinajstić information content (AvgIpc) is 2.93. The molecule has 0 aliphatic carbocycles. The molecule has 1 heterocycles. The topological polar surface area (TPSA) is 90.0 Å². The van der Waals surface area contributed by atoms with Crippen LogP contribution in [0.25, 0.3) is 0 Å². The lowest BCUT2D eigenvalue weighted by molar-refractivity contribution is -0.0620. The molecule has 2 aromatic carbocycles. The molecule has 0 saturated heterocycles. The monoisotopic (exact) mass is 443 g/mol. The van der Waals surface area contributed by atoms with Gasteiger partial charge in [-0.3, -0.25) is 18.7 Å². The zero-order valence-electron chi connectivity index (χ0n) is 15.3. The first kappa shape index (κ1) is 21.9. The van der Waals surface area contributed by atoms with Gasteiger partial charge in [0.25, 0.3) is 11.8 Å². The molecule has 0 radical (unpaired) electrons. The van der Waals surface area contributed by atoms with Crippen molar-refractivity contribution in [2.45, 2.75) is 18.2 Å². The molecule has 0 bridgehead atoms. The minimum atomic E-state index is -5.97. The van der Waals surface area contributed by atoms with Crippen LogP contribution in [0.15, 0.2) is 54.6 Å². The van der Waals surface area contributed by atoms with Gasteiger partial charge in [-0.1, -0.05) is 42.5 Å². The summed E-state index contributed by atoms with van der Waals surface area (Å²) < 4.78 is 70.8. The van der Waals surface area contributed by atoms with Gasteiger partial charge in [0.1, 0.15) is 6.10 Å². The van der Waals surface area contributed by atoms with Gasteiger partial charge in [-0.15, -0.1) is 0 Å². The molecule has 0 N–H and O–H groups in total. The predicted molar refractivity (Wildman–Crippen MR) is 97.8 cm³/mol. The van der Waals surface area contributed by atoms with E-state index in [2.05, 4.69) is 4.18 Å². The van der Waals surface area contributed by atoms with E-state index >= 15 is 0 Å². The van der Waals surface area contributed by atoms with E-state index in [0.29, 0.717) is 10.5 Å². The summed E-state index contributed by atoms with van der Waals surface area (Å²) in [4.78, 5) is 25.5. The number of amides is 2. The van der Waals surface area contributed by atoms with Crippen molar-refractivity contribution in [1.29, 1.82) is 0 Å². The number of ether oxygens (including phenoxy) is 1. The molecule has 1 aliphatic heterocycles. The number of hydrogen-bond donors (Lipinski definition) is 0. The van der Waals surface area contributed by atoms with Crippen LogP contribution in [0.4, 0.5) is 13.2 Å². The second-order valence-electron chi connectivity index (χ2n) is 6.39. The molecule has 0 aromatic heterocycles. The normalized spacial score (nSPS) is 15.4. The van der Waals surface area contributed by atoms with Crippen molar-refractivity contribution in [2.75, 3.05) is 13.2 Å². The number of hydrogen-bond acceptors (Lipinski definition) is 6. The summed E-state index contributed by atoms with van der Waals surface area (Å²) in [6, 6.07) is 14.4. The number of benzene rings is 2. The summed E-state index contributed by atoms with van der Waals surface area (Å²) in [5.74, 6) is -1.51. The van der Waals surface area contributed by atoms with Crippen molar-refractivity contribution < 1.29 is 40.1 Å². The van der Waals surface area contributed by atoms with E-state index in [1.807, 2.05) is 0 Å². The van der Waals surface area contributed by atoms with E-state index in [1.165, 1.54) is 24.3 Å². The maximum absolute atomic E-state index is 12.8. The standard InChI is InChI=1S/C19H16F3NO6S/c20-19(21,22)30(26,27)29-14(12-28-11-13-6-2-1-3-7-13)10-23-17(24)15-8-4-5-9-16(15)18(23)25/h1-9,14H,10-12H2. The number of rotatable bonds is 8. The van der Waals surface area contributed by atoms with Crippen molar-refractivity contribution in [3.05, 3.63) is 71.3 Å². The lowest BCUT2D eigenvalue weighted by atomic mass is 10.1. The first-order chi connectivity index (χ1) is 14.1. The summed E-state index contributed by atoms with van der Waals surface area (Å²) in [5, 5.41) is 0. The molecular weight excluding hydrogens is 427 g/mol. The number of nitrogens with zero attached hydrogens (tertiary/aromatic N) is 1. The smallest absolute Gasteiger partial charge is 0.374 e. The first-order valence-corrected chi connectivity index (χ1v) is 10.1. The van der Waals surface area contributed by atoms with E-state index in [4.69, 9.17) is 4.74 Å². The summed E-state index contributed by atoms with van der Waals surface area (Å²) in [7, 11) is -5.97. The lowest BCUT2D eigenvalue weighted by Crippen LogP contribution is -2.42. The summed E-state index contributed by atoms with van der Waals surface area (Å²) >= 11 is 0. The van der Waals surface area contributed by atoms with Crippen LogP contribution in [0.1, 0.15) is 26.3 Å². The Morgan fingerprint density at radius 3 is 1.97 bits per heavy atom. The summed E-state index contributed by atoms with van der Waals surface area (Å²) in [6.07, 6.45) is -1.75. The molecule has 0 saturated carbocycles. The third-order valence-corrected chi connectivity index (χ3v) is 5.32. The number of imide groups is 1. The minimum Gasteiger partial charge on any atom is -0.374 e. The molecule has 3 rings (SSSR count). The van der Waals surface area contributed by atoms with Crippen LogP contribution in [0.5, 0.6) is 0 Å². The lowest BCUT2D eigenvalue weighted by Gasteiger charge is -2.23. The fraction of sp³-hybridized carbons (Fsp3) is 0.263. The largest absolute Gasteiger partial charge is 0.523 e. The maximum Gasteiger partial charge on any atom is 0.523 e. The Hall–Kier alpha value is -2.76. The van der Waals surface area contributed by atoms with E-state index in [1.54, 1.807) is 30.3 Å². The van der Waals surface area contributed by atoms with Gasteiger partial charge < -0.3 is 4.74 Å². The van der Waals surface area contributed by atoms with Gasteiger partial charge in [-0.2, -0.15) is 21.6 Å². The third-order valence-electron chi connectivity index (χ3n) is 4.23. The van der Waals surface area contributed by atoms with E-state index in [9.17, 15) is 31.2 Å². The molecule has 7 nitrogen and oxygen atoms in total. The summed E-state index contributed by atoms with van der Waals surface area (Å²) in [5.41, 5.74) is -4.82. The van der Waals surface area contributed by atoms with Crippen molar-refractivity contribution >= 4 is 21.9 Å². The highest BCUT2D eigenvalue weighted by molar-refractivity contribution is 7.87. The second-order valence-corrected chi connectivity index (χ2v) is 7.95. The zero-order chi connectivity index (χ0) is 21.9. The highest BCUT2D eigenvalue weighted by Gasteiger charge is 2.49. The van der Waals surface area contributed by atoms with Crippen LogP contribution in [0.2, 0.25) is 0 Å². The maximum atomic E-state index is 12.8. The molecule has 1 atom stereocenters. The Morgan fingerprint density at radius 2 is 1.43 bits per heavy atom. The molecular formula is C19H16F3NO6S. The highest BCUT2D eigenvalue weighted by Crippen LogP contribution is 2.28. The number of alkyl halides is 3. The molecule has 30 heavy (non-hydrogen) atoms. The fourth-order valence-electron chi connectivity index (χ4n) is 2.84. The average molecular weight is 443 g/mol. The SMILES string of the molecule is O=C1c2ccccc2C(=O)N1CC(COCc1ccccc1)OS(=O)(=O)C(F)(F)F. The van der Waals surface area contributed by atoms with Crippen molar-refractivity contribution in [1.82, 2.24) is 4.90 Å². The van der Waals surface area contributed by atoms with Gasteiger partial charge in [0.15, 0.2) is 0 Å². The number of fused-ring (bicyclic) bond motifs is 1. The van der Waals surface area contributed by atoms with Crippen LogP contribution < -0.4 is 0 Å². The van der Waals surface area contributed by atoms with Crippen LogP contribution in [0, 0.1) is 0 Å². The van der Waals surface area contributed by atoms with Crippen molar-refractivity contribution in [2.24, 2.45) is 0 Å². The van der Waals surface area contributed by atoms with Gasteiger partial charge >= 0.3 is 15.6 Å². The Labute approximate surface area is 170 Å². The van der Waals surface area contributed by atoms with E-state index in [0.717, 1.165) is 0 Å². The number of halogens is 3. The van der Waals surface area contributed by atoms with Gasteiger partial charge in [0.2, 0.25) is 0 Å². The molecule has 0 spiro atoms. The number of carbonyl (C=O) groups is 2. The van der Waals surface area contributed by atoms with E-state index < -0.39 is 46.7 Å². The van der Waals surface area contributed by atoms with Crippen LogP contribution in [-0.2, 0) is 25.6 Å². The highest BCUT2D eigenvalue weighted by atomic mass is 32.2. The Bertz CT molecular complexity index is 1000. The molecule has 2 aromatic rings. The van der Waals surface area contributed by atoms with Crippen molar-refractivity contribution in [3.8, 4) is 0 Å². The number of carbonyl (C=O) groups excluding carboxylic acids is 2. The quantitative estimate of drug-likeness (QED) is 0.354. The van der Waals surface area contributed by atoms with Gasteiger partial charge in [0, 0.05) is 0 Å². The Kier molecular flexibility index (Phi) is 6.25.